The van der Waals surface area contributed by atoms with Crippen molar-refractivity contribution in [3.05, 3.63) is 17.8 Å². The number of nitrogens with two attached hydrogens (primary N) is 1. The lowest BCUT2D eigenvalue weighted by Crippen LogP contribution is -2.17. The molecule has 0 saturated heterocycles. The number of rotatable bonds is 5. The maximum absolute atomic E-state index is 8.66. The summed E-state index contributed by atoms with van der Waals surface area (Å²) in [5.74, 6) is 0.990. The van der Waals surface area contributed by atoms with Gasteiger partial charge in [0.2, 0.25) is 0 Å². The molecule has 0 aliphatic rings. The van der Waals surface area contributed by atoms with Gasteiger partial charge in [-0.25, -0.2) is 4.98 Å². The van der Waals surface area contributed by atoms with Gasteiger partial charge in [0.25, 0.3) is 0 Å². The predicted molar refractivity (Wildman–Crippen MR) is 62.9 cm³/mol. The number of hydrogen-bond acceptors (Lipinski definition) is 5. The number of nitrogens with zero attached hydrogens (tertiary/aromatic N) is 2. The second-order valence-corrected chi connectivity index (χ2v) is 3.72. The smallest absolute Gasteiger partial charge is 0.149 e. The molecule has 86 valence electrons. The molecule has 1 heterocycles. The minimum absolute atomic E-state index is 0.377. The van der Waals surface area contributed by atoms with Gasteiger partial charge in [-0.05, 0) is 12.0 Å². The van der Waals surface area contributed by atoms with Gasteiger partial charge in [0.1, 0.15) is 11.9 Å². The van der Waals surface area contributed by atoms with E-state index < -0.39 is 0 Å². The molecule has 1 atom stereocenters. The lowest BCUT2D eigenvalue weighted by molar-refractivity contribution is 0.164. The van der Waals surface area contributed by atoms with E-state index >= 15 is 0 Å². The van der Waals surface area contributed by atoms with Gasteiger partial charge < -0.3 is 15.8 Å². The van der Waals surface area contributed by atoms with Crippen LogP contribution in [0.1, 0.15) is 12.5 Å². The quantitative estimate of drug-likeness (QED) is 0.779. The molecule has 0 aromatic carbocycles. The largest absolute Gasteiger partial charge is 0.396 e. The molecule has 1 aromatic heterocycles. The number of hydrogen-bond donors (Lipinski definition) is 2. The van der Waals surface area contributed by atoms with Crippen LogP contribution in [0, 0.1) is 17.2 Å². The summed E-state index contributed by atoms with van der Waals surface area (Å²) in [5, 5.41) is 11.8. The minimum atomic E-state index is 0.377. The number of ether oxygens (including phenoxy) is 1. The van der Waals surface area contributed by atoms with Crippen LogP contribution >= 0.6 is 0 Å². The molecular weight excluding hydrogens is 204 g/mol. The summed E-state index contributed by atoms with van der Waals surface area (Å²) >= 11 is 0. The summed E-state index contributed by atoms with van der Waals surface area (Å²) in [5.41, 5.74) is 6.70. The van der Waals surface area contributed by atoms with E-state index in [4.69, 9.17) is 15.7 Å². The van der Waals surface area contributed by atoms with Crippen LogP contribution in [0.4, 0.5) is 11.5 Å². The molecule has 0 amide bonds. The predicted octanol–water partition coefficient (Wildman–Crippen LogP) is 1.23. The molecule has 0 aliphatic carbocycles. The first-order valence-corrected chi connectivity index (χ1v) is 5.05. The van der Waals surface area contributed by atoms with Crippen LogP contribution in [-0.2, 0) is 4.74 Å². The van der Waals surface area contributed by atoms with Crippen molar-refractivity contribution in [3.8, 4) is 6.07 Å². The molecule has 5 heteroatoms. The van der Waals surface area contributed by atoms with Gasteiger partial charge in [-0.15, -0.1) is 0 Å². The lowest BCUT2D eigenvalue weighted by atomic mass is 10.2. The first-order chi connectivity index (χ1) is 7.67. The van der Waals surface area contributed by atoms with E-state index in [0.29, 0.717) is 29.6 Å². The molecule has 5 nitrogen and oxygen atoms in total. The SMILES string of the molecule is COCC(C)CNc1ncc(C#N)cc1N. The van der Waals surface area contributed by atoms with Crippen molar-refractivity contribution in [2.75, 3.05) is 31.3 Å². The highest BCUT2D eigenvalue weighted by Crippen LogP contribution is 2.16. The molecule has 1 aromatic rings. The highest BCUT2D eigenvalue weighted by Gasteiger charge is 2.05. The van der Waals surface area contributed by atoms with E-state index in [1.165, 1.54) is 6.20 Å². The zero-order chi connectivity index (χ0) is 12.0. The third-order valence-corrected chi connectivity index (χ3v) is 2.12. The Labute approximate surface area is 95.2 Å². The minimum Gasteiger partial charge on any atom is -0.396 e. The average Bonchev–Trinajstić information content (AvgIpc) is 2.27. The van der Waals surface area contributed by atoms with Gasteiger partial charge >= 0.3 is 0 Å². The molecule has 16 heavy (non-hydrogen) atoms. The fourth-order valence-corrected chi connectivity index (χ4v) is 1.30. The van der Waals surface area contributed by atoms with Crippen LogP contribution in [0.15, 0.2) is 12.3 Å². The topological polar surface area (TPSA) is 84.0 Å². The fraction of sp³-hybridized carbons (Fsp3) is 0.455. The number of aromatic nitrogens is 1. The fourth-order valence-electron chi connectivity index (χ4n) is 1.30. The number of pyridine rings is 1. The highest BCUT2D eigenvalue weighted by molar-refractivity contribution is 5.62. The van der Waals surface area contributed by atoms with Crippen LogP contribution in [0.2, 0.25) is 0 Å². The van der Waals surface area contributed by atoms with Crippen LogP contribution in [0.5, 0.6) is 0 Å². The first-order valence-electron chi connectivity index (χ1n) is 5.05. The van der Waals surface area contributed by atoms with E-state index in [-0.39, 0.29) is 0 Å². The first kappa shape index (κ1) is 12.3. The van der Waals surface area contributed by atoms with E-state index in [1.54, 1.807) is 13.2 Å². The Hall–Kier alpha value is -1.80. The van der Waals surface area contributed by atoms with Gasteiger partial charge in [0.05, 0.1) is 17.9 Å². The number of nitriles is 1. The summed E-state index contributed by atoms with van der Waals surface area (Å²) < 4.78 is 5.02. The van der Waals surface area contributed by atoms with E-state index in [2.05, 4.69) is 17.2 Å². The maximum atomic E-state index is 8.66. The standard InChI is InChI=1S/C11H16N4O/c1-8(7-16-2)5-14-11-10(13)3-9(4-12)6-15-11/h3,6,8H,5,7,13H2,1-2H3,(H,14,15). The van der Waals surface area contributed by atoms with Gasteiger partial charge in [-0.3, -0.25) is 0 Å². The van der Waals surface area contributed by atoms with Crippen molar-refractivity contribution in [1.29, 1.82) is 5.26 Å². The molecule has 3 N–H and O–H groups in total. The summed E-state index contributed by atoms with van der Waals surface area (Å²) in [6.07, 6.45) is 1.50. The molecule has 0 aliphatic heterocycles. The normalized spacial score (nSPS) is 11.8. The van der Waals surface area contributed by atoms with Gasteiger partial charge in [-0.2, -0.15) is 5.26 Å². The molecule has 0 bridgehead atoms. The zero-order valence-electron chi connectivity index (χ0n) is 9.53. The van der Waals surface area contributed by atoms with Crippen molar-refractivity contribution in [2.24, 2.45) is 5.92 Å². The van der Waals surface area contributed by atoms with Gasteiger partial charge in [0, 0.05) is 19.9 Å². The molecule has 0 spiro atoms. The van der Waals surface area contributed by atoms with Crippen molar-refractivity contribution in [1.82, 2.24) is 4.98 Å². The Bertz CT molecular complexity index is 386. The van der Waals surface area contributed by atoms with E-state index in [0.717, 1.165) is 6.54 Å². The number of nitrogens with one attached hydrogen (secondary N) is 1. The Kier molecular flexibility index (Phi) is 4.55. The summed E-state index contributed by atoms with van der Waals surface area (Å²) in [4.78, 5) is 4.08. The Morgan fingerprint density at radius 2 is 2.44 bits per heavy atom. The van der Waals surface area contributed by atoms with Crippen molar-refractivity contribution < 1.29 is 4.74 Å². The van der Waals surface area contributed by atoms with Gasteiger partial charge in [-0.1, -0.05) is 6.92 Å². The van der Waals surface area contributed by atoms with Crippen LogP contribution < -0.4 is 11.1 Å². The number of nitrogen functional groups attached to an aromatic ring is 1. The number of methoxy groups -OCH3 is 1. The molecule has 0 saturated carbocycles. The molecule has 0 radical (unpaired) electrons. The van der Waals surface area contributed by atoms with E-state index in [1.807, 2.05) is 6.07 Å². The molecule has 1 rings (SSSR count). The molecule has 0 fully saturated rings. The monoisotopic (exact) mass is 220 g/mol. The third kappa shape index (κ3) is 3.41. The Morgan fingerprint density at radius 1 is 1.69 bits per heavy atom. The highest BCUT2D eigenvalue weighted by atomic mass is 16.5. The Balaban J connectivity index is 2.58. The number of anilines is 2. The van der Waals surface area contributed by atoms with E-state index in [9.17, 15) is 0 Å². The second kappa shape index (κ2) is 5.93. The lowest BCUT2D eigenvalue weighted by Gasteiger charge is -2.13. The van der Waals surface area contributed by atoms with Crippen LogP contribution in [-0.4, -0.2) is 25.2 Å². The Morgan fingerprint density at radius 3 is 3.00 bits per heavy atom. The summed E-state index contributed by atoms with van der Waals surface area (Å²) in [7, 11) is 1.67. The summed E-state index contributed by atoms with van der Waals surface area (Å²) in [6.45, 7) is 3.48. The maximum Gasteiger partial charge on any atom is 0.149 e. The van der Waals surface area contributed by atoms with Gasteiger partial charge in [0.15, 0.2) is 0 Å². The van der Waals surface area contributed by atoms with Crippen molar-refractivity contribution >= 4 is 11.5 Å². The molecular formula is C11H16N4O. The molecule has 1 unspecified atom stereocenters. The van der Waals surface area contributed by atoms with Crippen molar-refractivity contribution in [3.63, 3.8) is 0 Å². The third-order valence-electron chi connectivity index (χ3n) is 2.12. The second-order valence-electron chi connectivity index (χ2n) is 3.72. The van der Waals surface area contributed by atoms with Crippen LogP contribution in [0.3, 0.4) is 0 Å². The summed E-state index contributed by atoms with van der Waals surface area (Å²) in [6, 6.07) is 3.60. The van der Waals surface area contributed by atoms with Crippen molar-refractivity contribution in [2.45, 2.75) is 6.92 Å². The average molecular weight is 220 g/mol. The zero-order valence-corrected chi connectivity index (χ0v) is 9.53. The van der Waals surface area contributed by atoms with Crippen LogP contribution in [0.25, 0.3) is 0 Å².